The molecule has 0 aliphatic carbocycles. The predicted molar refractivity (Wildman–Crippen MR) is 255 cm³/mol. The molecule has 25 heteroatoms. The van der Waals surface area contributed by atoms with Gasteiger partial charge in [-0.25, -0.2) is 29.1 Å². The Bertz CT molecular complexity index is 3840. The lowest BCUT2D eigenvalue weighted by molar-refractivity contribution is 0.0442. The Morgan fingerprint density at radius 2 is 1.01 bits per heavy atom. The Hall–Kier alpha value is -10.0. The first-order valence-corrected chi connectivity index (χ1v) is 21.8. The first-order valence-electron chi connectivity index (χ1n) is 21.8. The van der Waals surface area contributed by atoms with Gasteiger partial charge in [-0.2, -0.15) is 10.4 Å². The maximum atomic E-state index is 12.4. The molecule has 0 amide bonds. The molecule has 372 valence electrons. The Balaban J connectivity index is 0.000000170. The van der Waals surface area contributed by atoms with Crippen LogP contribution in [0.1, 0.15) is 57.6 Å². The van der Waals surface area contributed by atoms with Gasteiger partial charge in [-0.3, -0.25) is 9.59 Å². The number of aliphatic hydroxyl groups excluding tert-OH is 1. The zero-order chi connectivity index (χ0) is 51.8. The monoisotopic (exact) mass is 996 g/mol. The van der Waals surface area contributed by atoms with Crippen LogP contribution in [-0.2, 0) is 18.0 Å². The number of aliphatic hydroxyl groups is 1. The molecule has 0 radical (unpaired) electrons. The minimum Gasteiger partial charge on any atom is -0.493 e. The molecular formula is C48H40N10O15. The number of rotatable bonds is 13. The van der Waals surface area contributed by atoms with Crippen molar-refractivity contribution in [3.05, 3.63) is 161 Å². The molecule has 0 bridgehead atoms. The number of aryl methyl sites for hydroxylation is 2. The summed E-state index contributed by atoms with van der Waals surface area (Å²) in [5, 5.41) is 37.6. The average molecular weight is 997 g/mol. The summed E-state index contributed by atoms with van der Waals surface area (Å²) in [4.78, 5) is 83.3. The largest absolute Gasteiger partial charge is 0.519 e. The predicted octanol–water partition coefficient (Wildman–Crippen LogP) is 5.49. The highest BCUT2D eigenvalue weighted by Crippen LogP contribution is 2.34. The smallest absolute Gasteiger partial charge is 0.493 e. The molecule has 0 fully saturated rings. The van der Waals surface area contributed by atoms with Crippen LogP contribution in [0.15, 0.2) is 122 Å². The van der Waals surface area contributed by atoms with Crippen molar-refractivity contribution < 1.29 is 51.7 Å². The number of aromatic amines is 4. The topological polar surface area (TPSA) is 364 Å². The van der Waals surface area contributed by atoms with Crippen LogP contribution in [0.5, 0.6) is 11.5 Å². The maximum Gasteiger partial charge on any atom is 0.519 e. The van der Waals surface area contributed by atoms with Crippen LogP contribution in [0.2, 0.25) is 0 Å². The van der Waals surface area contributed by atoms with Gasteiger partial charge in [0, 0.05) is 0 Å². The van der Waals surface area contributed by atoms with Gasteiger partial charge in [-0.05, 0) is 98.5 Å². The number of aromatic nitrogens is 10. The number of carbonyl (C=O) groups is 2. The minimum atomic E-state index is -0.977. The van der Waals surface area contributed by atoms with Crippen molar-refractivity contribution in [1.29, 1.82) is 0 Å². The number of hydrogen-bond acceptors (Lipinski definition) is 20. The van der Waals surface area contributed by atoms with Crippen molar-refractivity contribution in [3.8, 4) is 56.5 Å². The number of carboxylic acids is 1. The number of H-pyrrole nitrogens is 4. The molecule has 6 heterocycles. The molecule has 0 saturated carbocycles. The number of aromatic carboxylic acids is 1. The van der Waals surface area contributed by atoms with Crippen LogP contribution in [0.25, 0.3) is 67.4 Å². The van der Waals surface area contributed by atoms with Crippen molar-refractivity contribution in [2.75, 3.05) is 13.2 Å². The molecule has 4 aromatic carbocycles. The van der Waals surface area contributed by atoms with E-state index in [1.807, 2.05) is 38.1 Å². The van der Waals surface area contributed by atoms with Gasteiger partial charge < -0.3 is 52.1 Å². The lowest BCUT2D eigenvalue weighted by atomic mass is 10.0. The summed E-state index contributed by atoms with van der Waals surface area (Å²) in [6.07, 6.45) is 0. The van der Waals surface area contributed by atoms with Crippen molar-refractivity contribution in [2.24, 2.45) is 0 Å². The van der Waals surface area contributed by atoms with Crippen LogP contribution in [0, 0.1) is 13.8 Å². The van der Waals surface area contributed by atoms with Crippen molar-refractivity contribution in [1.82, 2.24) is 50.8 Å². The highest BCUT2D eigenvalue weighted by molar-refractivity contribution is 5.90. The summed E-state index contributed by atoms with van der Waals surface area (Å²) >= 11 is 0. The summed E-state index contributed by atoms with van der Waals surface area (Å²) in [6, 6.07) is 24.3. The molecule has 6 N–H and O–H groups in total. The number of hydrogen-bond donors (Lipinski definition) is 6. The molecule has 10 aromatic rings. The quantitative estimate of drug-likeness (QED) is 0.0777. The summed E-state index contributed by atoms with van der Waals surface area (Å²) in [6.45, 7) is 7.12. The van der Waals surface area contributed by atoms with E-state index in [1.54, 1.807) is 74.5 Å². The van der Waals surface area contributed by atoms with E-state index in [4.69, 9.17) is 33.3 Å². The van der Waals surface area contributed by atoms with E-state index in [0.29, 0.717) is 58.8 Å². The molecule has 0 unspecified atom stereocenters. The number of esters is 1. The van der Waals surface area contributed by atoms with Crippen LogP contribution >= 0.6 is 0 Å². The van der Waals surface area contributed by atoms with Crippen LogP contribution in [-0.4, -0.2) is 86.1 Å². The van der Waals surface area contributed by atoms with E-state index in [1.165, 1.54) is 0 Å². The van der Waals surface area contributed by atoms with Crippen LogP contribution in [0.3, 0.4) is 0 Å². The number of benzene rings is 4. The third-order valence-electron chi connectivity index (χ3n) is 10.5. The Morgan fingerprint density at radius 1 is 0.575 bits per heavy atom. The number of fused-ring (bicyclic) bond motifs is 2. The number of carbonyl (C=O) groups excluding carboxylic acids is 1. The van der Waals surface area contributed by atoms with Gasteiger partial charge in [-0.1, -0.05) is 36.4 Å². The second-order valence-electron chi connectivity index (χ2n) is 15.2. The van der Waals surface area contributed by atoms with E-state index >= 15 is 0 Å². The lowest BCUT2D eigenvalue weighted by Crippen LogP contribution is -2.10. The van der Waals surface area contributed by atoms with E-state index in [9.17, 15) is 28.8 Å². The van der Waals surface area contributed by atoms with E-state index in [0.717, 1.165) is 22.3 Å². The Morgan fingerprint density at radius 3 is 1.41 bits per heavy atom. The first-order chi connectivity index (χ1) is 35.2. The van der Waals surface area contributed by atoms with Gasteiger partial charge in [0.25, 0.3) is 11.1 Å². The molecule has 0 saturated heterocycles. The zero-order valence-electron chi connectivity index (χ0n) is 38.8. The van der Waals surface area contributed by atoms with Crippen molar-refractivity contribution in [2.45, 2.75) is 40.9 Å². The number of nitrogens with one attached hydrogen (secondary N) is 4. The van der Waals surface area contributed by atoms with Gasteiger partial charge in [-0.15, -0.1) is 20.4 Å². The summed E-state index contributed by atoms with van der Waals surface area (Å²) in [7, 11) is 0. The number of carboxylic acid groups (broad SMARTS) is 1. The molecule has 0 aliphatic heterocycles. The van der Waals surface area contributed by atoms with Gasteiger partial charge in [0.1, 0.15) is 35.5 Å². The SMILES string of the molecule is CCOc1cc(-c2ccc(C(=O)O)cc2)ccc1-c1nc2n[nH]nc2c(=O)[nH]1.CCOc1cc(-c2ccc(C(=O)OCc3oc(=O)oc3C)cc2)ccc1-c1nc2n[nH]nc2c(=O)[nH]1.Cc1oc(=O)oc1CO. The van der Waals surface area contributed by atoms with E-state index < -0.39 is 34.7 Å². The molecule has 25 nitrogen and oxygen atoms in total. The fourth-order valence-corrected chi connectivity index (χ4v) is 6.96. The maximum absolute atomic E-state index is 12.4. The second kappa shape index (κ2) is 21.7. The molecule has 10 rings (SSSR count). The minimum absolute atomic E-state index is 0.122. The number of ether oxygens (including phenoxy) is 3. The summed E-state index contributed by atoms with van der Waals surface area (Å²) < 4.78 is 35.2. The van der Waals surface area contributed by atoms with Crippen molar-refractivity contribution >= 4 is 34.3 Å². The lowest BCUT2D eigenvalue weighted by Gasteiger charge is -2.12. The normalized spacial score (nSPS) is 10.9. The number of nitrogens with zero attached hydrogens (tertiary/aromatic N) is 6. The van der Waals surface area contributed by atoms with E-state index in [2.05, 4.69) is 59.6 Å². The summed E-state index contributed by atoms with van der Waals surface area (Å²) in [5.74, 6) is -0.539. The molecule has 0 spiro atoms. The molecule has 6 aromatic heterocycles. The Kier molecular flexibility index (Phi) is 14.7. The molecular weight excluding hydrogens is 957 g/mol. The summed E-state index contributed by atoms with van der Waals surface area (Å²) in [5.41, 5.74) is 4.92. The standard InChI is InChI=1S/C24H19N5O7.C19H15N5O4.C5H6O4/c1-3-33-17-10-15(8-9-16(17)20-25-21-19(22(30)26-20)27-29-28-21)13-4-6-14(7-5-13)23(31)34-11-18-12(2)35-24(32)36-18;1-2-28-14-9-12(10-3-5-11(6-4-10)19(26)27)7-8-13(14)16-20-17-15(18(25)21-16)22-24-23-17;1-3-4(2-6)9-5(7)8-3/h4-10H,3,11H2,1-2H3,(H2,25,26,27,28,29,30);3-9H,2H2,1H3,(H,26,27)(H2,20,21,22,23,24,25);6H,2H2,1H3. The fraction of sp³-hybridized carbons (Fsp3) is 0.167. The second-order valence-corrected chi connectivity index (χ2v) is 15.2. The van der Waals surface area contributed by atoms with Gasteiger partial charge in [0.2, 0.25) is 11.3 Å². The Labute approximate surface area is 407 Å². The van der Waals surface area contributed by atoms with Gasteiger partial charge in [0.05, 0.1) is 35.5 Å². The third kappa shape index (κ3) is 11.2. The first kappa shape index (κ1) is 49.4. The fourth-order valence-electron chi connectivity index (χ4n) is 6.96. The molecule has 0 aliphatic rings. The van der Waals surface area contributed by atoms with E-state index in [-0.39, 0.29) is 58.4 Å². The molecule has 73 heavy (non-hydrogen) atoms. The molecule has 0 atom stereocenters. The third-order valence-corrected chi connectivity index (χ3v) is 10.5. The van der Waals surface area contributed by atoms with Crippen molar-refractivity contribution in [3.63, 3.8) is 0 Å². The highest BCUT2D eigenvalue weighted by Gasteiger charge is 2.18. The van der Waals surface area contributed by atoms with Gasteiger partial charge >= 0.3 is 23.6 Å². The van der Waals surface area contributed by atoms with Crippen LogP contribution in [0.4, 0.5) is 0 Å². The van der Waals surface area contributed by atoms with Crippen LogP contribution < -0.4 is 32.2 Å². The zero-order valence-corrected chi connectivity index (χ0v) is 38.8. The highest BCUT2D eigenvalue weighted by atomic mass is 16.6. The average Bonchev–Trinajstić information content (AvgIpc) is 4.21. The van der Waals surface area contributed by atoms with Gasteiger partial charge in [0.15, 0.2) is 34.9 Å².